The Balaban J connectivity index is 0.00000240. The standard InChI is InChI=1S/C17H16N4O6S2.2Na/c1-11-3-7-13(8-4-11)28(24,25)19-16(22)15-17(23)21(20-18-15)29(26,27)14-9-5-12(2)6-10-14;;/h3-10,23H,1-2H3,(H,19,22);;/q;2*+1/p-2. The third-order valence-corrected chi connectivity index (χ3v) is 6.71. The Bertz CT molecular complexity index is 1300. The Morgan fingerprint density at radius 3 is 1.81 bits per heavy atom. The molecule has 0 N–H and O–H groups in total. The fourth-order valence-electron chi connectivity index (χ4n) is 2.28. The molecule has 0 aliphatic carbocycles. The molecule has 14 heteroatoms. The maximum atomic E-state index is 12.5. The van der Waals surface area contributed by atoms with Crippen LogP contribution in [0.15, 0.2) is 62.7 Å². The average Bonchev–Trinajstić information content (AvgIpc) is 3.04. The van der Waals surface area contributed by atoms with Crippen molar-refractivity contribution < 1.29 is 86.2 Å². The molecular weight excluding hydrogens is 466 g/mol. The monoisotopic (exact) mass is 480 g/mol. The second-order valence-corrected chi connectivity index (χ2v) is 9.46. The summed E-state index contributed by atoms with van der Waals surface area (Å²) in [4.78, 5) is -0.503. The van der Waals surface area contributed by atoms with E-state index in [2.05, 4.69) is 14.7 Å². The molecule has 0 unspecified atom stereocenters. The molecule has 31 heavy (non-hydrogen) atoms. The maximum Gasteiger partial charge on any atom is 1.00 e. The van der Waals surface area contributed by atoms with Crippen LogP contribution in [0.5, 0.6) is 5.88 Å². The van der Waals surface area contributed by atoms with E-state index in [-0.39, 0.29) is 73.0 Å². The molecule has 0 amide bonds. The zero-order valence-corrected chi connectivity index (χ0v) is 22.8. The van der Waals surface area contributed by atoms with Crippen LogP contribution in [0.2, 0.25) is 0 Å². The van der Waals surface area contributed by atoms with Crippen LogP contribution in [0.25, 0.3) is 0 Å². The molecule has 152 valence electrons. The number of benzene rings is 2. The second-order valence-electron chi connectivity index (χ2n) is 6.09. The molecule has 3 rings (SSSR count). The minimum atomic E-state index is -4.41. The normalized spacial score (nSPS) is 12.0. The predicted molar refractivity (Wildman–Crippen MR) is 98.1 cm³/mol. The first-order chi connectivity index (χ1) is 13.5. The molecule has 0 bridgehead atoms. The molecule has 3 aromatic rings. The third-order valence-electron chi connectivity index (χ3n) is 3.87. The summed E-state index contributed by atoms with van der Waals surface area (Å²) in [5.74, 6) is -2.90. The van der Waals surface area contributed by atoms with Gasteiger partial charge in [0.25, 0.3) is 20.0 Å². The van der Waals surface area contributed by atoms with Crippen LogP contribution in [0.3, 0.4) is 0 Å². The van der Waals surface area contributed by atoms with Crippen molar-refractivity contribution in [1.29, 1.82) is 0 Å². The quantitative estimate of drug-likeness (QED) is 0.198. The summed E-state index contributed by atoms with van der Waals surface area (Å²) >= 11 is 0. The van der Waals surface area contributed by atoms with Crippen LogP contribution in [0, 0.1) is 13.8 Å². The first-order valence-electron chi connectivity index (χ1n) is 8.06. The van der Waals surface area contributed by atoms with Gasteiger partial charge in [0.05, 0.1) is 9.79 Å². The van der Waals surface area contributed by atoms with Crippen LogP contribution in [0.1, 0.15) is 16.8 Å². The average molecular weight is 480 g/mol. The summed E-state index contributed by atoms with van der Waals surface area (Å²) < 4.78 is 52.6. The Hall–Kier alpha value is -1.25. The molecule has 0 fully saturated rings. The van der Waals surface area contributed by atoms with Gasteiger partial charge in [0, 0.05) is 11.8 Å². The summed E-state index contributed by atoms with van der Waals surface area (Å²) in [6.07, 6.45) is 0. The topological polar surface area (TPSA) is 157 Å². The summed E-state index contributed by atoms with van der Waals surface area (Å²) in [6.45, 7) is 3.49. The van der Waals surface area contributed by atoms with E-state index in [1.807, 2.05) is 0 Å². The number of hydrogen-bond donors (Lipinski definition) is 0. The van der Waals surface area contributed by atoms with Gasteiger partial charge in [0.1, 0.15) is 5.69 Å². The van der Waals surface area contributed by atoms with Crippen molar-refractivity contribution in [3.8, 4) is 5.88 Å². The fraction of sp³-hybridized carbons (Fsp3) is 0.118. The van der Waals surface area contributed by atoms with Gasteiger partial charge in [-0.25, -0.2) is 0 Å². The van der Waals surface area contributed by atoms with E-state index in [1.54, 1.807) is 13.8 Å². The first kappa shape index (κ1) is 27.8. The van der Waals surface area contributed by atoms with Gasteiger partial charge in [0.15, 0.2) is 0 Å². The van der Waals surface area contributed by atoms with Crippen LogP contribution >= 0.6 is 0 Å². The fourth-order valence-corrected chi connectivity index (χ4v) is 4.28. The first-order valence-corrected chi connectivity index (χ1v) is 10.9. The van der Waals surface area contributed by atoms with Crippen molar-refractivity contribution in [1.82, 2.24) is 14.4 Å². The smallest absolute Gasteiger partial charge is 0.856 e. The van der Waals surface area contributed by atoms with Gasteiger partial charge >= 0.3 is 59.1 Å². The number of nitrogens with zero attached hydrogens (tertiary/aromatic N) is 4. The van der Waals surface area contributed by atoms with E-state index in [4.69, 9.17) is 0 Å². The van der Waals surface area contributed by atoms with Gasteiger partial charge < -0.3 is 10.2 Å². The minimum Gasteiger partial charge on any atom is -0.856 e. The molecule has 0 radical (unpaired) electrons. The van der Waals surface area contributed by atoms with Crippen LogP contribution in [-0.4, -0.2) is 37.1 Å². The Morgan fingerprint density at radius 1 is 0.871 bits per heavy atom. The van der Waals surface area contributed by atoms with Crippen LogP contribution < -0.4 is 69.3 Å². The number of rotatable bonds is 5. The third kappa shape index (κ3) is 5.96. The Kier molecular flexibility index (Phi) is 9.48. The van der Waals surface area contributed by atoms with E-state index in [9.17, 15) is 27.0 Å². The molecule has 0 saturated heterocycles. The van der Waals surface area contributed by atoms with E-state index in [0.717, 1.165) is 11.1 Å². The summed E-state index contributed by atoms with van der Waals surface area (Å²) in [5.41, 5.74) is 0.568. The molecule has 10 nitrogen and oxygen atoms in total. The van der Waals surface area contributed by atoms with Crippen molar-refractivity contribution >= 4 is 25.9 Å². The second kappa shape index (κ2) is 10.6. The van der Waals surface area contributed by atoms with E-state index < -0.39 is 37.5 Å². The SMILES string of the molecule is Cc1ccc(S(=O)(=O)N=C([O-])c2nnn(S(=O)(=O)c3ccc(C)cc3)c2[O-])cc1.[Na+].[Na+]. The van der Waals surface area contributed by atoms with Crippen molar-refractivity contribution in [3.05, 3.63) is 65.4 Å². The zero-order chi connectivity index (χ0) is 21.4. The van der Waals surface area contributed by atoms with E-state index in [0.29, 0.717) is 0 Å². The number of aromatic nitrogens is 3. The maximum absolute atomic E-state index is 12.5. The van der Waals surface area contributed by atoms with Gasteiger partial charge in [-0.15, -0.1) is 9.19 Å². The van der Waals surface area contributed by atoms with E-state index >= 15 is 0 Å². The summed E-state index contributed by atoms with van der Waals surface area (Å²) in [6, 6.07) is 11.1. The molecule has 2 aromatic carbocycles. The van der Waals surface area contributed by atoms with Gasteiger partial charge in [-0.05, 0) is 38.1 Å². The van der Waals surface area contributed by atoms with Gasteiger partial charge in [-0.1, -0.05) is 40.6 Å². The predicted octanol–water partition coefficient (Wildman–Crippen LogP) is -6.29. The molecule has 1 aromatic heterocycles. The van der Waals surface area contributed by atoms with Gasteiger partial charge in [0.2, 0.25) is 0 Å². The Labute approximate surface area is 223 Å². The van der Waals surface area contributed by atoms with E-state index in [1.165, 1.54) is 48.5 Å². The molecular formula is C17H14N4Na2O6S2. The molecule has 0 saturated carbocycles. The molecule has 0 aliphatic rings. The van der Waals surface area contributed by atoms with Crippen molar-refractivity contribution in [3.63, 3.8) is 0 Å². The van der Waals surface area contributed by atoms with Crippen LogP contribution in [0.4, 0.5) is 0 Å². The largest absolute Gasteiger partial charge is 1.00 e. The Morgan fingerprint density at radius 2 is 1.32 bits per heavy atom. The summed E-state index contributed by atoms with van der Waals surface area (Å²) in [5, 5.41) is 31.0. The minimum absolute atomic E-state index is 0. The van der Waals surface area contributed by atoms with Gasteiger partial charge in [-0.3, -0.25) is 0 Å². The number of aryl methyl sites for hydroxylation is 2. The molecule has 0 aliphatic heterocycles. The molecule has 1 heterocycles. The van der Waals surface area contributed by atoms with Crippen molar-refractivity contribution in [2.45, 2.75) is 23.6 Å². The molecule has 0 spiro atoms. The zero-order valence-electron chi connectivity index (χ0n) is 17.2. The van der Waals surface area contributed by atoms with Gasteiger partial charge in [-0.2, -0.15) is 21.2 Å². The van der Waals surface area contributed by atoms with Crippen LogP contribution in [-0.2, 0) is 20.0 Å². The number of hydrogen-bond acceptors (Lipinski definition) is 8. The summed E-state index contributed by atoms with van der Waals surface area (Å²) in [7, 11) is -8.83. The van der Waals surface area contributed by atoms with Crippen molar-refractivity contribution in [2.75, 3.05) is 0 Å². The number of sulfonamides is 1. The molecule has 0 atom stereocenters. The van der Waals surface area contributed by atoms with Crippen molar-refractivity contribution in [2.24, 2.45) is 4.40 Å².